The van der Waals surface area contributed by atoms with E-state index in [0.29, 0.717) is 5.75 Å². The Kier molecular flexibility index (Phi) is 4.27. The summed E-state index contributed by atoms with van der Waals surface area (Å²) in [5.41, 5.74) is 0.849. The van der Waals surface area contributed by atoms with Crippen molar-refractivity contribution >= 4 is 5.91 Å². The molecule has 19 heavy (non-hydrogen) atoms. The van der Waals surface area contributed by atoms with Gasteiger partial charge in [0.15, 0.2) is 0 Å². The Morgan fingerprint density at radius 1 is 1.32 bits per heavy atom. The summed E-state index contributed by atoms with van der Waals surface area (Å²) in [6.45, 7) is 1.59. The van der Waals surface area contributed by atoms with Crippen LogP contribution in [0.15, 0.2) is 18.2 Å². The van der Waals surface area contributed by atoms with Gasteiger partial charge < -0.3 is 19.7 Å². The van der Waals surface area contributed by atoms with Crippen LogP contribution in [-0.2, 0) is 4.79 Å². The van der Waals surface area contributed by atoms with Crippen LogP contribution in [0.3, 0.4) is 0 Å². The maximum atomic E-state index is 12.3. The highest BCUT2D eigenvalue weighted by Crippen LogP contribution is 2.31. The van der Waals surface area contributed by atoms with Crippen molar-refractivity contribution in [3.8, 4) is 11.5 Å². The molecule has 1 amide bonds. The van der Waals surface area contributed by atoms with E-state index >= 15 is 0 Å². The Morgan fingerprint density at radius 2 is 2.11 bits per heavy atom. The molecule has 1 aromatic rings. The number of likely N-dealkylation sites (N-methyl/N-ethyl adjacent to an activating group) is 1. The van der Waals surface area contributed by atoms with Crippen molar-refractivity contribution in [1.29, 1.82) is 0 Å². The molecule has 0 aliphatic carbocycles. The number of nitrogens with one attached hydrogen (secondary N) is 1. The van der Waals surface area contributed by atoms with Gasteiger partial charge >= 0.3 is 0 Å². The van der Waals surface area contributed by atoms with Gasteiger partial charge in [-0.15, -0.1) is 0 Å². The first-order chi connectivity index (χ1) is 9.17. The Labute approximate surface area is 113 Å². The van der Waals surface area contributed by atoms with Crippen molar-refractivity contribution in [2.24, 2.45) is 0 Å². The van der Waals surface area contributed by atoms with Gasteiger partial charge in [0.25, 0.3) is 0 Å². The number of nitrogens with zero attached hydrogens (tertiary/aromatic N) is 1. The summed E-state index contributed by atoms with van der Waals surface area (Å²) < 4.78 is 10.6. The lowest BCUT2D eigenvalue weighted by Crippen LogP contribution is -2.35. The predicted molar refractivity (Wildman–Crippen MR) is 72.5 cm³/mol. The van der Waals surface area contributed by atoms with Crippen LogP contribution in [0, 0.1) is 0 Å². The molecule has 0 aromatic heterocycles. The molecule has 1 fully saturated rings. The van der Waals surface area contributed by atoms with Crippen molar-refractivity contribution in [2.75, 3.05) is 34.4 Å². The van der Waals surface area contributed by atoms with E-state index in [4.69, 9.17) is 9.47 Å². The van der Waals surface area contributed by atoms with Crippen LogP contribution in [0.4, 0.5) is 0 Å². The van der Waals surface area contributed by atoms with Crippen molar-refractivity contribution < 1.29 is 14.3 Å². The first-order valence-electron chi connectivity index (χ1n) is 6.37. The fourth-order valence-electron chi connectivity index (χ4n) is 2.28. The average Bonchev–Trinajstić information content (AvgIpc) is 2.61. The SMILES string of the molecule is COc1ccc(C2NCCCN(C)C2=O)c(OC)c1. The number of hydrogen-bond donors (Lipinski definition) is 1. The largest absolute Gasteiger partial charge is 0.497 e. The number of amides is 1. The molecule has 1 aliphatic heterocycles. The van der Waals surface area contributed by atoms with Gasteiger partial charge in [-0.25, -0.2) is 0 Å². The van der Waals surface area contributed by atoms with Crippen LogP contribution in [-0.4, -0.2) is 45.2 Å². The monoisotopic (exact) mass is 264 g/mol. The number of carbonyl (C=O) groups is 1. The molecule has 1 unspecified atom stereocenters. The second kappa shape index (κ2) is 5.93. The van der Waals surface area contributed by atoms with Gasteiger partial charge in [0.2, 0.25) is 5.91 Å². The maximum Gasteiger partial charge on any atom is 0.244 e. The number of methoxy groups -OCH3 is 2. The second-order valence-electron chi connectivity index (χ2n) is 4.61. The quantitative estimate of drug-likeness (QED) is 0.891. The Morgan fingerprint density at radius 3 is 2.79 bits per heavy atom. The van der Waals surface area contributed by atoms with Crippen molar-refractivity contribution in [3.63, 3.8) is 0 Å². The molecule has 1 heterocycles. The minimum atomic E-state index is -0.353. The molecule has 1 aliphatic rings. The van der Waals surface area contributed by atoms with E-state index in [1.54, 1.807) is 25.2 Å². The summed E-state index contributed by atoms with van der Waals surface area (Å²) in [5.74, 6) is 1.46. The standard InChI is InChI=1S/C14H20N2O3/c1-16-8-4-7-15-13(14(16)17)11-6-5-10(18-2)9-12(11)19-3/h5-6,9,13,15H,4,7-8H2,1-3H3. The lowest BCUT2D eigenvalue weighted by molar-refractivity contribution is -0.131. The van der Waals surface area contributed by atoms with E-state index in [-0.39, 0.29) is 11.9 Å². The molecule has 0 bridgehead atoms. The molecule has 1 aromatic carbocycles. The number of carbonyl (C=O) groups excluding carboxylic acids is 1. The van der Waals surface area contributed by atoms with E-state index in [0.717, 1.165) is 30.8 Å². The Hall–Kier alpha value is -1.75. The molecule has 1 saturated heterocycles. The third-order valence-corrected chi connectivity index (χ3v) is 3.39. The minimum Gasteiger partial charge on any atom is -0.497 e. The smallest absolute Gasteiger partial charge is 0.244 e. The van der Waals surface area contributed by atoms with Crippen LogP contribution < -0.4 is 14.8 Å². The molecule has 2 rings (SSSR count). The van der Waals surface area contributed by atoms with Gasteiger partial charge in [-0.05, 0) is 25.1 Å². The Bertz CT molecular complexity index is 462. The van der Waals surface area contributed by atoms with Crippen LogP contribution in [0.2, 0.25) is 0 Å². The maximum absolute atomic E-state index is 12.3. The molecule has 5 heteroatoms. The van der Waals surface area contributed by atoms with Crippen LogP contribution in [0.5, 0.6) is 11.5 Å². The minimum absolute atomic E-state index is 0.0703. The zero-order valence-corrected chi connectivity index (χ0v) is 11.6. The van der Waals surface area contributed by atoms with Crippen LogP contribution >= 0.6 is 0 Å². The lowest BCUT2D eigenvalue weighted by atomic mass is 10.0. The second-order valence-corrected chi connectivity index (χ2v) is 4.61. The topological polar surface area (TPSA) is 50.8 Å². The summed E-state index contributed by atoms with van der Waals surface area (Å²) in [4.78, 5) is 14.1. The number of hydrogen-bond acceptors (Lipinski definition) is 4. The number of rotatable bonds is 3. The molecule has 0 radical (unpaired) electrons. The van der Waals surface area contributed by atoms with Crippen LogP contribution in [0.25, 0.3) is 0 Å². The lowest BCUT2D eigenvalue weighted by Gasteiger charge is -2.22. The predicted octanol–water partition coefficient (Wildman–Crippen LogP) is 1.20. The summed E-state index contributed by atoms with van der Waals surface area (Å²) in [7, 11) is 5.04. The molecule has 5 nitrogen and oxygen atoms in total. The van der Waals surface area contributed by atoms with Crippen LogP contribution in [0.1, 0.15) is 18.0 Å². The number of ether oxygens (including phenoxy) is 2. The summed E-state index contributed by atoms with van der Waals surface area (Å²) in [6, 6.07) is 5.17. The molecule has 0 spiro atoms. The van der Waals surface area contributed by atoms with E-state index in [9.17, 15) is 4.79 Å². The van der Waals surface area contributed by atoms with Gasteiger partial charge in [0.05, 0.1) is 14.2 Å². The van der Waals surface area contributed by atoms with Crippen molar-refractivity contribution in [3.05, 3.63) is 23.8 Å². The first-order valence-corrected chi connectivity index (χ1v) is 6.37. The normalized spacial score (nSPS) is 20.1. The van der Waals surface area contributed by atoms with Gasteiger partial charge in [0.1, 0.15) is 17.5 Å². The van der Waals surface area contributed by atoms with Gasteiger partial charge in [-0.3, -0.25) is 4.79 Å². The molecule has 1 N–H and O–H groups in total. The summed E-state index contributed by atoms with van der Waals surface area (Å²) >= 11 is 0. The van der Waals surface area contributed by atoms with E-state index in [1.165, 1.54) is 0 Å². The highest BCUT2D eigenvalue weighted by molar-refractivity contribution is 5.84. The fourth-order valence-corrected chi connectivity index (χ4v) is 2.28. The zero-order chi connectivity index (χ0) is 13.8. The van der Waals surface area contributed by atoms with E-state index in [1.807, 2.05) is 19.2 Å². The van der Waals surface area contributed by atoms with E-state index < -0.39 is 0 Å². The average molecular weight is 264 g/mol. The van der Waals surface area contributed by atoms with Gasteiger partial charge in [-0.1, -0.05) is 0 Å². The third kappa shape index (κ3) is 2.81. The first kappa shape index (κ1) is 13.7. The van der Waals surface area contributed by atoms with Crippen molar-refractivity contribution in [1.82, 2.24) is 10.2 Å². The summed E-state index contributed by atoms with van der Waals surface area (Å²) in [6.07, 6.45) is 0.956. The highest BCUT2D eigenvalue weighted by Gasteiger charge is 2.28. The third-order valence-electron chi connectivity index (χ3n) is 3.39. The van der Waals surface area contributed by atoms with Gasteiger partial charge in [0, 0.05) is 25.2 Å². The van der Waals surface area contributed by atoms with Crippen molar-refractivity contribution in [2.45, 2.75) is 12.5 Å². The fraction of sp³-hybridized carbons (Fsp3) is 0.500. The molecule has 0 saturated carbocycles. The molecular formula is C14H20N2O3. The molecular weight excluding hydrogens is 244 g/mol. The Balaban J connectivity index is 2.36. The van der Waals surface area contributed by atoms with Gasteiger partial charge in [-0.2, -0.15) is 0 Å². The van der Waals surface area contributed by atoms with E-state index in [2.05, 4.69) is 5.32 Å². The highest BCUT2D eigenvalue weighted by atomic mass is 16.5. The zero-order valence-electron chi connectivity index (χ0n) is 11.6. The number of benzene rings is 1. The molecule has 104 valence electrons. The summed E-state index contributed by atoms with van der Waals surface area (Å²) in [5, 5.41) is 3.28. The molecule has 1 atom stereocenters.